The predicted molar refractivity (Wildman–Crippen MR) is 77.0 cm³/mol. The molecule has 0 aliphatic carbocycles. The predicted octanol–water partition coefficient (Wildman–Crippen LogP) is 3.79. The summed E-state index contributed by atoms with van der Waals surface area (Å²) in [6.07, 6.45) is 0.908. The molecule has 1 N–H and O–H groups in total. The fourth-order valence-corrected chi connectivity index (χ4v) is 2.25. The van der Waals surface area contributed by atoms with Gasteiger partial charge in [-0.2, -0.15) is 0 Å². The molecule has 0 fully saturated rings. The molecule has 0 aliphatic heterocycles. The maximum Gasteiger partial charge on any atom is 0.317 e. The van der Waals surface area contributed by atoms with Crippen LogP contribution in [0.2, 0.25) is 5.02 Å². The molecular formula is C13H17BrClNO2. The Kier molecular flexibility index (Phi) is 6.12. The van der Waals surface area contributed by atoms with E-state index in [-0.39, 0.29) is 12.6 Å². The molecule has 0 saturated carbocycles. The van der Waals surface area contributed by atoms with Crippen molar-refractivity contribution in [3.63, 3.8) is 0 Å². The smallest absolute Gasteiger partial charge is 0.317 e. The maximum absolute atomic E-state index is 10.9. The number of carbonyl (C=O) groups is 1. The molecule has 1 aromatic rings. The third kappa shape index (κ3) is 4.59. The van der Waals surface area contributed by atoms with Gasteiger partial charge in [0.05, 0.1) is 6.54 Å². The van der Waals surface area contributed by atoms with Crippen molar-refractivity contribution in [1.29, 1.82) is 0 Å². The lowest BCUT2D eigenvalue weighted by Crippen LogP contribution is -2.36. The van der Waals surface area contributed by atoms with E-state index in [4.69, 9.17) is 16.7 Å². The van der Waals surface area contributed by atoms with Crippen LogP contribution in [0.1, 0.15) is 25.8 Å². The first-order valence-electron chi connectivity index (χ1n) is 5.83. The van der Waals surface area contributed by atoms with Crippen LogP contribution in [0.5, 0.6) is 0 Å². The summed E-state index contributed by atoms with van der Waals surface area (Å²) in [4.78, 5) is 12.8. The second-order valence-electron chi connectivity index (χ2n) is 4.29. The first kappa shape index (κ1) is 15.5. The minimum absolute atomic E-state index is 0.0357. The molecule has 1 rings (SSSR count). The fourth-order valence-electron chi connectivity index (χ4n) is 1.68. The van der Waals surface area contributed by atoms with Crippen LogP contribution in [0.25, 0.3) is 0 Å². The number of hydrogen-bond acceptors (Lipinski definition) is 2. The van der Waals surface area contributed by atoms with E-state index in [9.17, 15) is 4.79 Å². The lowest BCUT2D eigenvalue weighted by Gasteiger charge is -2.27. The van der Waals surface area contributed by atoms with Gasteiger partial charge in [-0.1, -0.05) is 34.5 Å². The average Bonchev–Trinajstić information content (AvgIpc) is 2.31. The molecule has 18 heavy (non-hydrogen) atoms. The molecule has 1 unspecified atom stereocenters. The van der Waals surface area contributed by atoms with Crippen LogP contribution < -0.4 is 0 Å². The van der Waals surface area contributed by atoms with E-state index in [1.807, 2.05) is 30.9 Å². The van der Waals surface area contributed by atoms with Gasteiger partial charge in [-0.05, 0) is 37.1 Å². The van der Waals surface area contributed by atoms with E-state index in [1.165, 1.54) is 0 Å². The fraction of sp³-hybridized carbons (Fsp3) is 0.462. The van der Waals surface area contributed by atoms with Crippen LogP contribution in [0.3, 0.4) is 0 Å². The molecule has 1 aromatic carbocycles. The number of nitrogens with zero attached hydrogens (tertiary/aromatic N) is 1. The highest BCUT2D eigenvalue weighted by atomic mass is 79.9. The molecular weight excluding hydrogens is 318 g/mol. The molecule has 0 spiro atoms. The molecule has 0 amide bonds. The number of benzene rings is 1. The Bertz CT molecular complexity index is 425. The van der Waals surface area contributed by atoms with Crippen molar-refractivity contribution in [2.75, 3.05) is 6.54 Å². The van der Waals surface area contributed by atoms with Gasteiger partial charge in [-0.15, -0.1) is 0 Å². The monoisotopic (exact) mass is 333 g/mol. The van der Waals surface area contributed by atoms with E-state index >= 15 is 0 Å². The Hall–Kier alpha value is -0.580. The summed E-state index contributed by atoms with van der Waals surface area (Å²) in [6, 6.07) is 5.77. The van der Waals surface area contributed by atoms with Crippen LogP contribution in [0, 0.1) is 0 Å². The molecule has 5 heteroatoms. The van der Waals surface area contributed by atoms with Gasteiger partial charge in [-0.3, -0.25) is 9.69 Å². The highest BCUT2D eigenvalue weighted by molar-refractivity contribution is 9.10. The minimum Gasteiger partial charge on any atom is -0.480 e. The minimum atomic E-state index is -0.812. The first-order chi connectivity index (χ1) is 8.43. The highest BCUT2D eigenvalue weighted by Crippen LogP contribution is 2.23. The van der Waals surface area contributed by atoms with Gasteiger partial charge in [0.25, 0.3) is 0 Å². The van der Waals surface area contributed by atoms with E-state index in [0.717, 1.165) is 16.5 Å². The van der Waals surface area contributed by atoms with Gasteiger partial charge in [0.2, 0.25) is 0 Å². The van der Waals surface area contributed by atoms with Gasteiger partial charge in [0, 0.05) is 22.1 Å². The normalized spacial score (nSPS) is 12.7. The van der Waals surface area contributed by atoms with Crippen molar-refractivity contribution < 1.29 is 9.90 Å². The average molecular weight is 335 g/mol. The summed E-state index contributed by atoms with van der Waals surface area (Å²) >= 11 is 9.43. The molecule has 0 saturated heterocycles. The van der Waals surface area contributed by atoms with Gasteiger partial charge in [-0.25, -0.2) is 0 Å². The van der Waals surface area contributed by atoms with Crippen LogP contribution in [-0.4, -0.2) is 28.6 Å². The van der Waals surface area contributed by atoms with E-state index in [1.54, 1.807) is 6.07 Å². The highest BCUT2D eigenvalue weighted by Gasteiger charge is 2.17. The van der Waals surface area contributed by atoms with Gasteiger partial charge in [0.1, 0.15) is 0 Å². The zero-order valence-corrected chi connectivity index (χ0v) is 12.8. The second kappa shape index (κ2) is 7.12. The SMILES string of the molecule is CCC(C)N(CC(=O)O)Cc1cc(Cl)ccc1Br. The Labute approximate surface area is 121 Å². The van der Waals surface area contributed by atoms with Crippen molar-refractivity contribution >= 4 is 33.5 Å². The van der Waals surface area contributed by atoms with Gasteiger partial charge < -0.3 is 5.11 Å². The molecule has 1 atom stereocenters. The van der Waals surface area contributed by atoms with Crippen molar-refractivity contribution in [2.45, 2.75) is 32.9 Å². The number of hydrogen-bond donors (Lipinski definition) is 1. The van der Waals surface area contributed by atoms with E-state index in [2.05, 4.69) is 15.9 Å². The molecule has 100 valence electrons. The summed E-state index contributed by atoms with van der Waals surface area (Å²) in [6.45, 7) is 4.68. The zero-order valence-electron chi connectivity index (χ0n) is 10.5. The summed E-state index contributed by atoms with van der Waals surface area (Å²) in [5.41, 5.74) is 1.00. The zero-order chi connectivity index (χ0) is 13.7. The third-order valence-corrected chi connectivity index (χ3v) is 3.94. The second-order valence-corrected chi connectivity index (χ2v) is 5.58. The number of halogens is 2. The largest absolute Gasteiger partial charge is 0.480 e. The Morgan fingerprint density at radius 3 is 2.78 bits per heavy atom. The molecule has 0 aliphatic rings. The van der Waals surface area contributed by atoms with Crippen molar-refractivity contribution in [3.8, 4) is 0 Å². The number of carboxylic acid groups (broad SMARTS) is 1. The molecule has 0 radical (unpaired) electrons. The Morgan fingerprint density at radius 1 is 1.56 bits per heavy atom. The quantitative estimate of drug-likeness (QED) is 0.860. The number of aliphatic carboxylic acids is 1. The number of carboxylic acids is 1. The summed E-state index contributed by atoms with van der Waals surface area (Å²) < 4.78 is 0.950. The van der Waals surface area contributed by atoms with Crippen LogP contribution in [0.4, 0.5) is 0 Å². The lowest BCUT2D eigenvalue weighted by atomic mass is 10.1. The summed E-state index contributed by atoms with van der Waals surface area (Å²) in [5.74, 6) is -0.812. The first-order valence-corrected chi connectivity index (χ1v) is 7.01. The number of rotatable bonds is 6. The molecule has 0 bridgehead atoms. The van der Waals surface area contributed by atoms with Crippen LogP contribution >= 0.6 is 27.5 Å². The summed E-state index contributed by atoms with van der Waals surface area (Å²) in [7, 11) is 0. The van der Waals surface area contributed by atoms with E-state index in [0.29, 0.717) is 11.6 Å². The van der Waals surface area contributed by atoms with Crippen molar-refractivity contribution in [2.24, 2.45) is 0 Å². The van der Waals surface area contributed by atoms with Crippen LogP contribution in [0.15, 0.2) is 22.7 Å². The molecule has 0 heterocycles. The Balaban J connectivity index is 2.88. The lowest BCUT2D eigenvalue weighted by molar-refractivity contribution is -0.139. The molecule has 0 aromatic heterocycles. The topological polar surface area (TPSA) is 40.5 Å². The van der Waals surface area contributed by atoms with E-state index < -0.39 is 5.97 Å². The molecule has 3 nitrogen and oxygen atoms in total. The van der Waals surface area contributed by atoms with Crippen molar-refractivity contribution in [1.82, 2.24) is 4.90 Å². The van der Waals surface area contributed by atoms with Gasteiger partial charge in [0.15, 0.2) is 0 Å². The van der Waals surface area contributed by atoms with Crippen LogP contribution in [-0.2, 0) is 11.3 Å². The Morgan fingerprint density at radius 2 is 2.22 bits per heavy atom. The van der Waals surface area contributed by atoms with Gasteiger partial charge >= 0.3 is 5.97 Å². The van der Waals surface area contributed by atoms with Crippen molar-refractivity contribution in [3.05, 3.63) is 33.3 Å². The maximum atomic E-state index is 10.9. The standard InChI is InChI=1S/C13H17BrClNO2/c1-3-9(2)16(8-13(17)18)7-10-6-11(15)4-5-12(10)14/h4-6,9H,3,7-8H2,1-2H3,(H,17,18). The summed E-state index contributed by atoms with van der Waals surface area (Å²) in [5, 5.41) is 9.61. The third-order valence-electron chi connectivity index (χ3n) is 2.93.